The van der Waals surface area contributed by atoms with E-state index in [4.69, 9.17) is 4.74 Å². The lowest BCUT2D eigenvalue weighted by molar-refractivity contribution is -0.123. The molecule has 0 spiro atoms. The van der Waals surface area contributed by atoms with Crippen LogP contribution in [0.15, 0.2) is 42.5 Å². The van der Waals surface area contributed by atoms with Gasteiger partial charge in [-0.15, -0.1) is 0 Å². The number of anilines is 2. The van der Waals surface area contributed by atoms with Crippen LogP contribution in [0.3, 0.4) is 0 Å². The Kier molecular flexibility index (Phi) is 6.34. The maximum atomic E-state index is 14.9. The average molecular weight is 456 g/mol. The van der Waals surface area contributed by atoms with Crippen LogP contribution in [0.1, 0.15) is 23.7 Å². The summed E-state index contributed by atoms with van der Waals surface area (Å²) in [5, 5.41) is 12.5. The standard InChI is InChI=1S/C23H25FN4O5/c1-2-20(30)25-21-14-28(23(32)33-21)15-7-8-18(17(24)13-15)26-9-11-27(12-10-26)22(31)16-5-3-4-6-19(16)29/h3-8,13,21,29H,2,9-12,14H2,1H3,(H,25,30). The van der Waals surface area contributed by atoms with E-state index >= 15 is 0 Å². The van der Waals surface area contributed by atoms with Crippen molar-refractivity contribution < 1.29 is 28.6 Å². The quantitative estimate of drug-likeness (QED) is 0.716. The van der Waals surface area contributed by atoms with Crippen molar-refractivity contribution in [1.82, 2.24) is 10.2 Å². The van der Waals surface area contributed by atoms with Gasteiger partial charge in [-0.05, 0) is 30.3 Å². The number of nitrogens with zero attached hydrogens (tertiary/aromatic N) is 3. The van der Waals surface area contributed by atoms with E-state index in [0.717, 1.165) is 0 Å². The highest BCUT2D eigenvalue weighted by atomic mass is 19.1. The molecule has 174 valence electrons. The van der Waals surface area contributed by atoms with E-state index in [-0.39, 0.29) is 36.1 Å². The van der Waals surface area contributed by atoms with E-state index in [1.54, 1.807) is 42.2 Å². The first-order valence-corrected chi connectivity index (χ1v) is 10.8. The first-order chi connectivity index (χ1) is 15.9. The van der Waals surface area contributed by atoms with Gasteiger partial charge in [-0.1, -0.05) is 19.1 Å². The maximum Gasteiger partial charge on any atom is 0.416 e. The molecule has 2 aliphatic rings. The van der Waals surface area contributed by atoms with Crippen LogP contribution in [-0.4, -0.2) is 66.9 Å². The summed E-state index contributed by atoms with van der Waals surface area (Å²) in [5.41, 5.74) is 0.951. The fourth-order valence-corrected chi connectivity index (χ4v) is 3.93. The summed E-state index contributed by atoms with van der Waals surface area (Å²) in [6.45, 7) is 3.39. The van der Waals surface area contributed by atoms with E-state index in [0.29, 0.717) is 37.6 Å². The molecular weight excluding hydrogens is 431 g/mol. The monoisotopic (exact) mass is 456 g/mol. The Bertz CT molecular complexity index is 1070. The number of cyclic esters (lactones) is 1. The first kappa shape index (κ1) is 22.4. The molecular formula is C23H25FN4O5. The van der Waals surface area contributed by atoms with Crippen molar-refractivity contribution in [1.29, 1.82) is 0 Å². The zero-order valence-electron chi connectivity index (χ0n) is 18.2. The van der Waals surface area contributed by atoms with E-state index in [1.807, 2.05) is 4.90 Å². The fourth-order valence-electron chi connectivity index (χ4n) is 3.93. The highest BCUT2D eigenvalue weighted by Crippen LogP contribution is 2.29. The average Bonchev–Trinajstić information content (AvgIpc) is 3.18. The van der Waals surface area contributed by atoms with Gasteiger partial charge in [0.2, 0.25) is 5.91 Å². The highest BCUT2D eigenvalue weighted by molar-refractivity contribution is 5.97. The van der Waals surface area contributed by atoms with Crippen molar-refractivity contribution in [2.24, 2.45) is 0 Å². The Morgan fingerprint density at radius 1 is 1.15 bits per heavy atom. The molecule has 2 aromatic rings. The van der Waals surface area contributed by atoms with Crippen LogP contribution < -0.4 is 15.1 Å². The third-order valence-corrected chi connectivity index (χ3v) is 5.74. The van der Waals surface area contributed by atoms with Crippen molar-refractivity contribution in [3.63, 3.8) is 0 Å². The number of phenols is 1. The molecule has 0 aromatic heterocycles. The number of carbonyl (C=O) groups is 3. The highest BCUT2D eigenvalue weighted by Gasteiger charge is 2.34. The summed E-state index contributed by atoms with van der Waals surface area (Å²) in [7, 11) is 0. The molecule has 10 heteroatoms. The van der Waals surface area contributed by atoms with Crippen LogP contribution in [-0.2, 0) is 9.53 Å². The molecule has 3 amide bonds. The number of aromatic hydroxyl groups is 1. The second-order valence-corrected chi connectivity index (χ2v) is 7.84. The zero-order chi connectivity index (χ0) is 23.5. The predicted octanol–water partition coefficient (Wildman–Crippen LogP) is 2.30. The second kappa shape index (κ2) is 9.35. The van der Waals surface area contributed by atoms with Gasteiger partial charge in [-0.2, -0.15) is 0 Å². The Hall–Kier alpha value is -3.82. The van der Waals surface area contributed by atoms with Gasteiger partial charge in [-0.25, -0.2) is 9.18 Å². The molecule has 0 bridgehead atoms. The van der Waals surface area contributed by atoms with Gasteiger partial charge in [-0.3, -0.25) is 14.5 Å². The van der Waals surface area contributed by atoms with Gasteiger partial charge in [0.1, 0.15) is 11.6 Å². The largest absolute Gasteiger partial charge is 0.507 e. The van der Waals surface area contributed by atoms with Gasteiger partial charge in [0.05, 0.1) is 23.5 Å². The van der Waals surface area contributed by atoms with Crippen LogP contribution in [0.2, 0.25) is 0 Å². The minimum Gasteiger partial charge on any atom is -0.507 e. The van der Waals surface area contributed by atoms with Crippen molar-refractivity contribution in [2.75, 3.05) is 42.5 Å². The number of piperazine rings is 1. The summed E-state index contributed by atoms with van der Waals surface area (Å²) in [6, 6.07) is 10.9. The molecule has 1 unspecified atom stereocenters. The van der Waals surface area contributed by atoms with Gasteiger partial charge < -0.3 is 25.0 Å². The maximum absolute atomic E-state index is 14.9. The van der Waals surface area contributed by atoms with E-state index in [1.165, 1.54) is 17.0 Å². The Labute approximate surface area is 190 Å². The number of nitrogens with one attached hydrogen (secondary N) is 1. The number of phenolic OH excluding ortho intramolecular Hbond substituents is 1. The summed E-state index contributed by atoms with van der Waals surface area (Å²) in [6.07, 6.45) is -1.16. The molecule has 2 aromatic carbocycles. The minimum atomic E-state index is -0.776. The fraction of sp³-hybridized carbons (Fsp3) is 0.348. The first-order valence-electron chi connectivity index (χ1n) is 10.8. The van der Waals surface area contributed by atoms with Gasteiger partial charge in [0, 0.05) is 32.6 Å². The number of benzene rings is 2. The number of ether oxygens (including phenoxy) is 1. The van der Waals surface area contributed by atoms with Crippen LogP contribution in [0.4, 0.5) is 20.6 Å². The summed E-state index contributed by atoms with van der Waals surface area (Å²) in [4.78, 5) is 41.1. The molecule has 2 aliphatic heterocycles. The summed E-state index contributed by atoms with van der Waals surface area (Å²) < 4.78 is 20.1. The van der Waals surface area contributed by atoms with E-state index in [2.05, 4.69) is 5.32 Å². The third-order valence-electron chi connectivity index (χ3n) is 5.74. The molecule has 0 radical (unpaired) electrons. The molecule has 2 saturated heterocycles. The molecule has 0 saturated carbocycles. The molecule has 1 atom stereocenters. The van der Waals surface area contributed by atoms with Crippen molar-refractivity contribution in [2.45, 2.75) is 19.6 Å². The molecule has 33 heavy (non-hydrogen) atoms. The molecule has 0 aliphatic carbocycles. The molecule has 2 fully saturated rings. The van der Waals surface area contributed by atoms with Crippen molar-refractivity contribution >= 4 is 29.3 Å². The van der Waals surface area contributed by atoms with Crippen LogP contribution in [0.5, 0.6) is 5.75 Å². The molecule has 4 rings (SSSR count). The smallest absolute Gasteiger partial charge is 0.416 e. The predicted molar refractivity (Wildman–Crippen MR) is 119 cm³/mol. The molecule has 2 heterocycles. The second-order valence-electron chi connectivity index (χ2n) is 7.84. The lowest BCUT2D eigenvalue weighted by Gasteiger charge is -2.36. The number of carbonyl (C=O) groups excluding carboxylic acids is 3. The van der Waals surface area contributed by atoms with Gasteiger partial charge >= 0.3 is 6.09 Å². The number of amides is 3. The Morgan fingerprint density at radius 3 is 2.55 bits per heavy atom. The topological polar surface area (TPSA) is 102 Å². The number of halogens is 1. The lowest BCUT2D eigenvalue weighted by Crippen LogP contribution is -2.49. The molecule has 9 nitrogen and oxygen atoms in total. The van der Waals surface area contributed by atoms with Gasteiger partial charge in [0.15, 0.2) is 6.23 Å². The van der Waals surface area contributed by atoms with Crippen LogP contribution in [0.25, 0.3) is 0 Å². The van der Waals surface area contributed by atoms with Crippen molar-refractivity contribution in [3.8, 4) is 5.75 Å². The van der Waals surface area contributed by atoms with Crippen LogP contribution >= 0.6 is 0 Å². The number of hydrogen-bond acceptors (Lipinski definition) is 6. The SMILES string of the molecule is CCC(=O)NC1CN(c2ccc(N3CCN(C(=O)c4ccccc4O)CC3)c(F)c2)C(=O)O1. The third kappa shape index (κ3) is 4.69. The Morgan fingerprint density at radius 2 is 1.88 bits per heavy atom. The number of para-hydroxylation sites is 1. The van der Waals surface area contributed by atoms with Crippen molar-refractivity contribution in [3.05, 3.63) is 53.8 Å². The summed E-state index contributed by atoms with van der Waals surface area (Å²) >= 11 is 0. The molecule has 2 N–H and O–H groups in total. The zero-order valence-corrected chi connectivity index (χ0v) is 18.2. The van der Waals surface area contributed by atoms with Crippen LogP contribution in [0, 0.1) is 5.82 Å². The number of hydrogen-bond donors (Lipinski definition) is 2. The van der Waals surface area contributed by atoms with E-state index < -0.39 is 18.1 Å². The summed E-state index contributed by atoms with van der Waals surface area (Å²) in [5.74, 6) is -1.07. The lowest BCUT2D eigenvalue weighted by atomic mass is 10.1. The Balaban J connectivity index is 1.39. The van der Waals surface area contributed by atoms with Gasteiger partial charge in [0.25, 0.3) is 5.91 Å². The normalized spacial score (nSPS) is 18.3. The van der Waals surface area contributed by atoms with E-state index in [9.17, 15) is 23.9 Å². The minimum absolute atomic E-state index is 0.0662. The number of rotatable bonds is 5.